The van der Waals surface area contributed by atoms with Crippen LogP contribution in [0.15, 0.2) is 12.4 Å². The molecular formula is C6H7N5S. The Morgan fingerprint density at radius 2 is 2.42 bits per heavy atom. The molecule has 0 aliphatic rings. The van der Waals surface area contributed by atoms with Gasteiger partial charge < -0.3 is 10.3 Å². The molecule has 0 saturated carbocycles. The molecule has 2 aromatic rings. The molecule has 0 unspecified atom stereocenters. The lowest BCUT2D eigenvalue weighted by molar-refractivity contribution is 0.914. The van der Waals surface area contributed by atoms with Gasteiger partial charge in [-0.15, -0.1) is 0 Å². The molecule has 0 saturated heterocycles. The molecular weight excluding hydrogens is 174 g/mol. The predicted molar refractivity (Wildman–Crippen MR) is 46.5 cm³/mol. The fourth-order valence-electron chi connectivity index (χ4n) is 0.907. The highest BCUT2D eigenvalue weighted by Gasteiger charge is 2.07. The van der Waals surface area contributed by atoms with Crippen molar-refractivity contribution in [3.05, 3.63) is 12.4 Å². The lowest BCUT2D eigenvalue weighted by Gasteiger charge is -1.93. The summed E-state index contributed by atoms with van der Waals surface area (Å²) in [6.45, 7) is 0. The van der Waals surface area contributed by atoms with E-state index < -0.39 is 0 Å². The van der Waals surface area contributed by atoms with E-state index in [2.05, 4.69) is 14.3 Å². The zero-order chi connectivity index (χ0) is 8.55. The fraction of sp³-hybridized carbons (Fsp3) is 0.167. The summed E-state index contributed by atoms with van der Waals surface area (Å²) in [5, 5.41) is 0.466. The SMILES string of the molecule is Cn1ccnc1-c1nsc(N)n1. The Balaban J connectivity index is 2.50. The smallest absolute Gasteiger partial charge is 0.210 e. The highest BCUT2D eigenvalue weighted by atomic mass is 32.1. The van der Waals surface area contributed by atoms with E-state index in [1.54, 1.807) is 6.20 Å². The minimum absolute atomic E-state index is 0.466. The predicted octanol–water partition coefficient (Wildman–Crippen LogP) is 0.521. The van der Waals surface area contributed by atoms with Crippen LogP contribution in [-0.4, -0.2) is 18.9 Å². The van der Waals surface area contributed by atoms with Crippen molar-refractivity contribution in [2.45, 2.75) is 0 Å². The van der Waals surface area contributed by atoms with Crippen molar-refractivity contribution in [2.24, 2.45) is 7.05 Å². The van der Waals surface area contributed by atoms with Gasteiger partial charge in [0.15, 0.2) is 11.0 Å². The Kier molecular flexibility index (Phi) is 1.54. The third-order valence-electron chi connectivity index (χ3n) is 1.46. The van der Waals surface area contributed by atoms with Crippen molar-refractivity contribution in [1.29, 1.82) is 0 Å². The van der Waals surface area contributed by atoms with Crippen LogP contribution < -0.4 is 5.73 Å². The van der Waals surface area contributed by atoms with Gasteiger partial charge in [-0.25, -0.2) is 4.98 Å². The molecule has 0 aromatic carbocycles. The number of nitrogens with two attached hydrogens (primary N) is 1. The summed E-state index contributed by atoms with van der Waals surface area (Å²) in [7, 11) is 1.89. The van der Waals surface area contributed by atoms with Gasteiger partial charge in [-0.05, 0) is 0 Å². The third-order valence-corrected chi connectivity index (χ3v) is 2.01. The van der Waals surface area contributed by atoms with Crippen molar-refractivity contribution in [1.82, 2.24) is 18.9 Å². The molecule has 0 spiro atoms. The molecule has 0 fully saturated rings. The number of anilines is 1. The molecule has 6 heteroatoms. The molecule has 62 valence electrons. The largest absolute Gasteiger partial charge is 0.374 e. The van der Waals surface area contributed by atoms with Gasteiger partial charge in [0.1, 0.15) is 0 Å². The summed E-state index contributed by atoms with van der Waals surface area (Å²) in [4.78, 5) is 8.10. The van der Waals surface area contributed by atoms with Gasteiger partial charge in [-0.2, -0.15) is 9.36 Å². The quantitative estimate of drug-likeness (QED) is 0.696. The summed E-state index contributed by atoms with van der Waals surface area (Å²) in [5.41, 5.74) is 5.44. The second-order valence-electron chi connectivity index (χ2n) is 2.32. The van der Waals surface area contributed by atoms with Gasteiger partial charge in [-0.1, -0.05) is 0 Å². The molecule has 0 atom stereocenters. The first-order chi connectivity index (χ1) is 5.77. The van der Waals surface area contributed by atoms with E-state index in [0.29, 0.717) is 11.0 Å². The van der Waals surface area contributed by atoms with Gasteiger partial charge >= 0.3 is 0 Å². The van der Waals surface area contributed by atoms with Crippen LogP contribution in [0.25, 0.3) is 11.6 Å². The molecule has 0 amide bonds. The minimum atomic E-state index is 0.466. The number of nitrogens with zero attached hydrogens (tertiary/aromatic N) is 4. The van der Waals surface area contributed by atoms with Gasteiger partial charge in [0, 0.05) is 31.0 Å². The maximum Gasteiger partial charge on any atom is 0.210 e. The Labute approximate surface area is 73.1 Å². The number of rotatable bonds is 1. The highest BCUT2D eigenvalue weighted by molar-refractivity contribution is 7.09. The van der Waals surface area contributed by atoms with Crippen molar-refractivity contribution >= 4 is 16.7 Å². The first-order valence-corrected chi connectivity index (χ1v) is 4.11. The number of aromatic nitrogens is 4. The maximum absolute atomic E-state index is 5.44. The number of imidazole rings is 1. The van der Waals surface area contributed by atoms with Gasteiger partial charge in [0.2, 0.25) is 5.82 Å². The maximum atomic E-state index is 5.44. The average molecular weight is 181 g/mol. The van der Waals surface area contributed by atoms with Crippen LogP contribution in [0, 0.1) is 0 Å². The highest BCUT2D eigenvalue weighted by Crippen LogP contribution is 2.15. The van der Waals surface area contributed by atoms with Crippen LogP contribution in [0.5, 0.6) is 0 Å². The molecule has 0 bridgehead atoms. The Hall–Kier alpha value is -1.43. The summed E-state index contributed by atoms with van der Waals surface area (Å²) < 4.78 is 5.89. The first-order valence-electron chi connectivity index (χ1n) is 3.34. The monoisotopic (exact) mass is 181 g/mol. The molecule has 5 nitrogen and oxygen atoms in total. The lowest BCUT2D eigenvalue weighted by atomic mass is 10.6. The van der Waals surface area contributed by atoms with Crippen molar-refractivity contribution in [3.8, 4) is 11.6 Å². The van der Waals surface area contributed by atoms with Crippen LogP contribution in [0.2, 0.25) is 0 Å². The van der Waals surface area contributed by atoms with E-state index in [0.717, 1.165) is 5.82 Å². The average Bonchev–Trinajstić information content (AvgIpc) is 2.58. The topological polar surface area (TPSA) is 69.6 Å². The first kappa shape index (κ1) is 7.23. The Morgan fingerprint density at radius 3 is 2.92 bits per heavy atom. The van der Waals surface area contributed by atoms with Crippen molar-refractivity contribution < 1.29 is 0 Å². The molecule has 2 heterocycles. The molecule has 0 aliphatic heterocycles. The zero-order valence-electron chi connectivity index (χ0n) is 6.43. The van der Waals surface area contributed by atoms with E-state index in [-0.39, 0.29) is 0 Å². The van der Waals surface area contributed by atoms with Gasteiger partial charge in [-0.3, -0.25) is 0 Å². The Bertz CT molecular complexity index is 390. The second kappa shape index (κ2) is 2.56. The fourth-order valence-corrected chi connectivity index (χ4v) is 1.34. The van der Waals surface area contributed by atoms with Gasteiger partial charge in [0.05, 0.1) is 0 Å². The van der Waals surface area contributed by atoms with Crippen LogP contribution in [0.3, 0.4) is 0 Å². The normalized spacial score (nSPS) is 10.4. The molecule has 0 aliphatic carbocycles. The van der Waals surface area contributed by atoms with E-state index in [1.165, 1.54) is 11.5 Å². The van der Waals surface area contributed by atoms with Crippen LogP contribution in [0.1, 0.15) is 0 Å². The second-order valence-corrected chi connectivity index (χ2v) is 3.10. The van der Waals surface area contributed by atoms with Crippen molar-refractivity contribution in [2.75, 3.05) is 5.73 Å². The number of hydrogen-bond donors (Lipinski definition) is 1. The number of aryl methyl sites for hydroxylation is 1. The standard InChI is InChI=1S/C6H7N5S/c1-11-3-2-8-5(11)4-9-6(7)12-10-4/h2-3H,1H3,(H2,7,9,10). The Morgan fingerprint density at radius 1 is 1.58 bits per heavy atom. The summed E-state index contributed by atoms with van der Waals surface area (Å²) >= 11 is 1.17. The van der Waals surface area contributed by atoms with E-state index >= 15 is 0 Å². The summed E-state index contributed by atoms with van der Waals surface area (Å²) in [5.74, 6) is 1.33. The zero-order valence-corrected chi connectivity index (χ0v) is 7.25. The summed E-state index contributed by atoms with van der Waals surface area (Å²) in [6, 6.07) is 0. The van der Waals surface area contributed by atoms with E-state index in [9.17, 15) is 0 Å². The third kappa shape index (κ3) is 1.06. The van der Waals surface area contributed by atoms with Crippen LogP contribution in [0.4, 0.5) is 5.13 Å². The van der Waals surface area contributed by atoms with Crippen LogP contribution >= 0.6 is 11.5 Å². The van der Waals surface area contributed by atoms with E-state index in [4.69, 9.17) is 5.73 Å². The molecule has 2 N–H and O–H groups in total. The number of nitrogen functional groups attached to an aromatic ring is 1. The molecule has 0 radical (unpaired) electrons. The minimum Gasteiger partial charge on any atom is -0.374 e. The molecule has 2 aromatic heterocycles. The van der Waals surface area contributed by atoms with E-state index in [1.807, 2.05) is 17.8 Å². The molecule has 2 rings (SSSR count). The summed E-state index contributed by atoms with van der Waals surface area (Å²) in [6.07, 6.45) is 3.54. The molecule has 12 heavy (non-hydrogen) atoms. The number of hydrogen-bond acceptors (Lipinski definition) is 5. The van der Waals surface area contributed by atoms with Crippen molar-refractivity contribution in [3.63, 3.8) is 0 Å². The van der Waals surface area contributed by atoms with Gasteiger partial charge in [0.25, 0.3) is 0 Å². The van der Waals surface area contributed by atoms with Crippen LogP contribution in [-0.2, 0) is 7.05 Å². The lowest BCUT2D eigenvalue weighted by Crippen LogP contribution is -1.93.